The quantitative estimate of drug-likeness (QED) is 0.490. The number of carboxylic acids is 1. The standard InChI is InChI=1S/C18H28N4O7/c1-10-7-21(16(28)20-13(10)24)9-12(23)22(18(5,6)15(26)27)8-11(19)14(25)29-17(2,3)4/h7,11H,8-9,19H2,1-6H3,(H,26,27)(H,20,24,28). The molecule has 0 bridgehead atoms. The molecule has 11 nitrogen and oxygen atoms in total. The Morgan fingerprint density at radius 2 is 1.79 bits per heavy atom. The molecule has 1 amide bonds. The van der Waals surface area contributed by atoms with Gasteiger partial charge in [-0.15, -0.1) is 0 Å². The van der Waals surface area contributed by atoms with Gasteiger partial charge in [0.05, 0.1) is 0 Å². The highest BCUT2D eigenvalue weighted by Crippen LogP contribution is 2.17. The Bertz CT molecular complexity index is 908. The van der Waals surface area contributed by atoms with Gasteiger partial charge in [0.1, 0.15) is 23.7 Å². The summed E-state index contributed by atoms with van der Waals surface area (Å²) in [6.45, 7) is 7.95. The third-order valence-electron chi connectivity index (χ3n) is 4.08. The van der Waals surface area contributed by atoms with Crippen LogP contribution in [0.1, 0.15) is 40.2 Å². The van der Waals surface area contributed by atoms with Gasteiger partial charge in [0.25, 0.3) is 5.56 Å². The molecule has 0 aromatic carbocycles. The number of carboxylic acid groups (broad SMARTS) is 1. The summed E-state index contributed by atoms with van der Waals surface area (Å²) in [4.78, 5) is 63.1. The Kier molecular flexibility index (Phi) is 7.14. The van der Waals surface area contributed by atoms with Gasteiger partial charge < -0.3 is 20.5 Å². The topological polar surface area (TPSA) is 165 Å². The average Bonchev–Trinajstić information content (AvgIpc) is 2.55. The minimum absolute atomic E-state index is 0.201. The lowest BCUT2D eigenvalue weighted by atomic mass is 10.0. The molecule has 1 rings (SSSR count). The molecule has 0 radical (unpaired) electrons. The van der Waals surface area contributed by atoms with Gasteiger partial charge in [0.2, 0.25) is 5.91 Å². The summed E-state index contributed by atoms with van der Waals surface area (Å²) in [5.74, 6) is -2.90. The number of amides is 1. The van der Waals surface area contributed by atoms with E-state index in [0.29, 0.717) is 0 Å². The van der Waals surface area contributed by atoms with E-state index in [-0.39, 0.29) is 5.56 Å². The molecule has 0 aliphatic rings. The number of nitrogens with one attached hydrogen (secondary N) is 1. The van der Waals surface area contributed by atoms with Crippen molar-refractivity contribution in [2.24, 2.45) is 5.73 Å². The van der Waals surface area contributed by atoms with E-state index in [1.54, 1.807) is 20.8 Å². The summed E-state index contributed by atoms with van der Waals surface area (Å²) in [7, 11) is 0. The number of rotatable bonds is 7. The monoisotopic (exact) mass is 412 g/mol. The van der Waals surface area contributed by atoms with Crippen molar-refractivity contribution >= 4 is 17.8 Å². The summed E-state index contributed by atoms with van der Waals surface area (Å²) in [6, 6.07) is -1.30. The average molecular weight is 412 g/mol. The van der Waals surface area contributed by atoms with Crippen molar-refractivity contribution in [3.8, 4) is 0 Å². The van der Waals surface area contributed by atoms with Gasteiger partial charge in [0.15, 0.2) is 0 Å². The molecule has 0 saturated heterocycles. The number of hydrogen-bond donors (Lipinski definition) is 3. The number of nitrogens with two attached hydrogens (primary N) is 1. The first kappa shape index (κ1) is 24.1. The molecular formula is C18H28N4O7. The van der Waals surface area contributed by atoms with Gasteiger partial charge in [-0.2, -0.15) is 0 Å². The van der Waals surface area contributed by atoms with Crippen molar-refractivity contribution in [2.45, 2.75) is 65.3 Å². The number of hydrogen-bond acceptors (Lipinski definition) is 7. The molecule has 1 aromatic heterocycles. The van der Waals surface area contributed by atoms with Crippen molar-refractivity contribution in [1.82, 2.24) is 14.5 Å². The second-order valence-corrected chi connectivity index (χ2v) is 8.21. The summed E-state index contributed by atoms with van der Waals surface area (Å²) < 4.78 is 6.12. The second kappa shape index (κ2) is 8.60. The van der Waals surface area contributed by atoms with Crippen LogP contribution in [-0.2, 0) is 25.7 Å². The Morgan fingerprint density at radius 1 is 1.24 bits per heavy atom. The van der Waals surface area contributed by atoms with Gasteiger partial charge in [-0.3, -0.25) is 23.9 Å². The second-order valence-electron chi connectivity index (χ2n) is 8.21. The maximum Gasteiger partial charge on any atom is 0.329 e. The summed E-state index contributed by atoms with van der Waals surface area (Å²) in [6.07, 6.45) is 1.19. The maximum absolute atomic E-state index is 12.9. The van der Waals surface area contributed by atoms with Crippen LogP contribution in [0.3, 0.4) is 0 Å². The first-order valence-corrected chi connectivity index (χ1v) is 8.89. The van der Waals surface area contributed by atoms with E-state index in [4.69, 9.17) is 10.5 Å². The fraction of sp³-hybridized carbons (Fsp3) is 0.611. The van der Waals surface area contributed by atoms with Crippen molar-refractivity contribution < 1.29 is 24.2 Å². The summed E-state index contributed by atoms with van der Waals surface area (Å²) >= 11 is 0. The lowest BCUT2D eigenvalue weighted by molar-refractivity contribution is -0.162. The SMILES string of the molecule is Cc1cn(CC(=O)N(CC(N)C(=O)OC(C)(C)C)C(C)(C)C(=O)O)c(=O)[nH]c1=O. The molecule has 29 heavy (non-hydrogen) atoms. The molecule has 0 spiro atoms. The van der Waals surface area contributed by atoms with Gasteiger partial charge >= 0.3 is 17.6 Å². The van der Waals surface area contributed by atoms with Crippen molar-refractivity contribution in [3.05, 3.63) is 32.6 Å². The molecule has 4 N–H and O–H groups in total. The van der Waals surface area contributed by atoms with Crippen LogP contribution < -0.4 is 17.0 Å². The zero-order chi connectivity index (χ0) is 22.7. The van der Waals surface area contributed by atoms with Crippen molar-refractivity contribution in [3.63, 3.8) is 0 Å². The molecule has 162 valence electrons. The Hall–Kier alpha value is -2.95. The van der Waals surface area contributed by atoms with Crippen LogP contribution in [-0.4, -0.2) is 61.1 Å². The lowest BCUT2D eigenvalue weighted by Crippen LogP contribution is -2.59. The lowest BCUT2D eigenvalue weighted by Gasteiger charge is -2.36. The molecule has 0 aliphatic carbocycles. The number of carbonyl (C=O) groups is 3. The number of aliphatic carboxylic acids is 1. The van der Waals surface area contributed by atoms with E-state index in [1.807, 2.05) is 0 Å². The van der Waals surface area contributed by atoms with E-state index in [9.17, 15) is 29.1 Å². The van der Waals surface area contributed by atoms with Gasteiger partial charge in [-0.05, 0) is 41.5 Å². The predicted octanol–water partition coefficient (Wildman–Crippen LogP) is -0.794. The first-order valence-electron chi connectivity index (χ1n) is 8.89. The molecule has 1 aromatic rings. The van der Waals surface area contributed by atoms with Gasteiger partial charge in [0, 0.05) is 18.3 Å². The number of carbonyl (C=O) groups excluding carboxylic acids is 2. The molecule has 11 heteroatoms. The first-order chi connectivity index (χ1) is 13.1. The van der Waals surface area contributed by atoms with Crippen molar-refractivity contribution in [1.29, 1.82) is 0 Å². The Morgan fingerprint density at radius 3 is 2.28 bits per heavy atom. The fourth-order valence-corrected chi connectivity index (χ4v) is 2.37. The summed E-state index contributed by atoms with van der Waals surface area (Å²) in [5.41, 5.74) is 2.10. The van der Waals surface area contributed by atoms with E-state index < -0.39 is 59.4 Å². The Labute approximate surface area is 167 Å². The summed E-state index contributed by atoms with van der Waals surface area (Å²) in [5, 5.41) is 9.53. The van der Waals surface area contributed by atoms with Crippen LogP contribution in [0, 0.1) is 6.92 Å². The van der Waals surface area contributed by atoms with Crippen LogP contribution in [0.2, 0.25) is 0 Å². The third-order valence-corrected chi connectivity index (χ3v) is 4.08. The minimum Gasteiger partial charge on any atom is -0.480 e. The van der Waals surface area contributed by atoms with Crippen LogP contribution in [0.5, 0.6) is 0 Å². The number of ether oxygens (including phenoxy) is 1. The molecule has 1 heterocycles. The highest BCUT2D eigenvalue weighted by molar-refractivity contribution is 5.87. The van der Waals surface area contributed by atoms with Gasteiger partial charge in [-0.1, -0.05) is 0 Å². The molecule has 0 saturated carbocycles. The largest absolute Gasteiger partial charge is 0.480 e. The number of aromatic nitrogens is 2. The maximum atomic E-state index is 12.9. The fourth-order valence-electron chi connectivity index (χ4n) is 2.37. The highest BCUT2D eigenvalue weighted by atomic mass is 16.6. The number of H-pyrrole nitrogens is 1. The van der Waals surface area contributed by atoms with Gasteiger partial charge in [-0.25, -0.2) is 9.59 Å². The molecule has 0 aliphatic heterocycles. The number of aromatic amines is 1. The molecule has 1 unspecified atom stereocenters. The van der Waals surface area contributed by atoms with Crippen molar-refractivity contribution in [2.75, 3.05) is 6.54 Å². The smallest absolute Gasteiger partial charge is 0.329 e. The molecule has 1 atom stereocenters. The van der Waals surface area contributed by atoms with E-state index in [1.165, 1.54) is 27.0 Å². The zero-order valence-corrected chi connectivity index (χ0v) is 17.4. The van der Waals surface area contributed by atoms with E-state index in [2.05, 4.69) is 4.98 Å². The zero-order valence-electron chi connectivity index (χ0n) is 17.4. The number of nitrogens with zero attached hydrogens (tertiary/aromatic N) is 2. The van der Waals surface area contributed by atoms with E-state index >= 15 is 0 Å². The van der Waals surface area contributed by atoms with Crippen LogP contribution >= 0.6 is 0 Å². The normalized spacial score (nSPS) is 12.9. The predicted molar refractivity (Wildman–Crippen MR) is 103 cm³/mol. The Balaban J connectivity index is 3.19. The highest BCUT2D eigenvalue weighted by Gasteiger charge is 2.40. The van der Waals surface area contributed by atoms with Crippen LogP contribution in [0.15, 0.2) is 15.8 Å². The van der Waals surface area contributed by atoms with Crippen LogP contribution in [0.25, 0.3) is 0 Å². The number of aryl methyl sites for hydroxylation is 1. The van der Waals surface area contributed by atoms with E-state index in [0.717, 1.165) is 9.47 Å². The minimum atomic E-state index is -1.72. The number of esters is 1. The third kappa shape index (κ3) is 6.28. The molecule has 0 fully saturated rings. The molecular weight excluding hydrogens is 384 g/mol. The van der Waals surface area contributed by atoms with Crippen LogP contribution in [0.4, 0.5) is 0 Å².